The molecule has 0 aliphatic carbocycles. The molecule has 30 heavy (non-hydrogen) atoms. The molecule has 2 aliphatic rings. The van der Waals surface area contributed by atoms with Gasteiger partial charge in [0, 0.05) is 44.2 Å². The molecule has 2 aliphatic heterocycles. The Balaban J connectivity index is 0.00000160. The second kappa shape index (κ2) is 11.7. The first-order valence-electron chi connectivity index (χ1n) is 10.2. The van der Waals surface area contributed by atoms with Crippen molar-refractivity contribution in [2.24, 2.45) is 11.7 Å². The number of ether oxygens (including phenoxy) is 1. The van der Waals surface area contributed by atoms with Crippen LogP contribution in [0.1, 0.15) is 27.4 Å². The van der Waals surface area contributed by atoms with Gasteiger partial charge in [-0.05, 0) is 29.7 Å². The number of nitrogens with zero attached hydrogens (tertiary/aromatic N) is 2. The van der Waals surface area contributed by atoms with E-state index in [1.807, 2.05) is 29.2 Å². The summed E-state index contributed by atoms with van der Waals surface area (Å²) in [5.74, 6) is 0.736. The smallest absolute Gasteiger partial charge is 0.254 e. The van der Waals surface area contributed by atoms with Crippen LogP contribution in [0.3, 0.4) is 0 Å². The number of rotatable bonds is 5. The maximum Gasteiger partial charge on any atom is 0.254 e. The largest absolute Gasteiger partial charge is 0.379 e. The normalized spacial score (nSPS) is 21.6. The number of amides is 1. The minimum atomic E-state index is 0. The van der Waals surface area contributed by atoms with E-state index >= 15 is 0 Å². The zero-order chi connectivity index (χ0) is 19.3. The highest BCUT2D eigenvalue weighted by Gasteiger charge is 2.36. The number of halogens is 2. The average molecular weight is 452 g/mol. The van der Waals surface area contributed by atoms with Crippen molar-refractivity contribution < 1.29 is 9.53 Å². The molecule has 0 radical (unpaired) electrons. The summed E-state index contributed by atoms with van der Waals surface area (Å²) >= 11 is 0. The number of nitrogens with two attached hydrogens (primary N) is 1. The number of hydrogen-bond acceptors (Lipinski definition) is 4. The second-order valence-corrected chi connectivity index (χ2v) is 7.77. The van der Waals surface area contributed by atoms with Gasteiger partial charge in [-0.2, -0.15) is 0 Å². The molecule has 2 atom stereocenters. The maximum atomic E-state index is 13.4. The number of benzene rings is 2. The molecule has 2 aromatic carbocycles. The Hall–Kier alpha value is -1.63. The molecule has 2 fully saturated rings. The third-order valence-corrected chi connectivity index (χ3v) is 6.00. The highest BCUT2D eigenvalue weighted by atomic mass is 35.5. The van der Waals surface area contributed by atoms with E-state index in [0.717, 1.165) is 57.1 Å². The average Bonchev–Trinajstić information content (AvgIpc) is 3.20. The van der Waals surface area contributed by atoms with Gasteiger partial charge in [0.15, 0.2) is 0 Å². The minimum absolute atomic E-state index is 0. The first kappa shape index (κ1) is 24.6. The lowest BCUT2D eigenvalue weighted by atomic mass is 9.89. The molecule has 4 rings (SSSR count). The lowest BCUT2D eigenvalue weighted by molar-refractivity contribution is 0.0340. The summed E-state index contributed by atoms with van der Waals surface area (Å²) in [7, 11) is 0. The van der Waals surface area contributed by atoms with Crippen molar-refractivity contribution in [2.75, 3.05) is 45.9 Å². The quantitative estimate of drug-likeness (QED) is 0.757. The Morgan fingerprint density at radius 2 is 1.63 bits per heavy atom. The van der Waals surface area contributed by atoms with Crippen molar-refractivity contribution in [3.63, 3.8) is 0 Å². The number of carbonyl (C=O) groups excluding carboxylic acids is 1. The van der Waals surface area contributed by atoms with Crippen molar-refractivity contribution in [1.82, 2.24) is 9.80 Å². The fourth-order valence-corrected chi connectivity index (χ4v) is 4.39. The van der Waals surface area contributed by atoms with E-state index in [2.05, 4.69) is 35.2 Å². The van der Waals surface area contributed by atoms with Crippen molar-refractivity contribution in [3.8, 4) is 0 Å². The molecule has 1 amide bonds. The molecule has 2 N–H and O–H groups in total. The van der Waals surface area contributed by atoms with Crippen LogP contribution in [0.2, 0.25) is 0 Å². The van der Waals surface area contributed by atoms with Crippen LogP contribution >= 0.6 is 24.8 Å². The third kappa shape index (κ3) is 5.54. The van der Waals surface area contributed by atoms with Crippen molar-refractivity contribution in [3.05, 3.63) is 71.3 Å². The predicted molar refractivity (Wildman–Crippen MR) is 125 cm³/mol. The van der Waals surface area contributed by atoms with Gasteiger partial charge in [-0.3, -0.25) is 9.69 Å². The molecule has 5 nitrogen and oxygen atoms in total. The molecule has 0 saturated carbocycles. The first-order valence-corrected chi connectivity index (χ1v) is 10.2. The summed E-state index contributed by atoms with van der Waals surface area (Å²) in [6, 6.07) is 18.5. The van der Waals surface area contributed by atoms with Crippen molar-refractivity contribution in [1.29, 1.82) is 0 Å². The highest BCUT2D eigenvalue weighted by Crippen LogP contribution is 2.33. The molecular weight excluding hydrogens is 421 g/mol. The molecule has 0 aromatic heterocycles. The second-order valence-electron chi connectivity index (χ2n) is 7.77. The molecule has 0 spiro atoms. The molecular formula is C23H31Cl2N3O2. The maximum absolute atomic E-state index is 13.4. The van der Waals surface area contributed by atoms with Crippen LogP contribution in [0.15, 0.2) is 54.6 Å². The van der Waals surface area contributed by atoms with Gasteiger partial charge >= 0.3 is 0 Å². The van der Waals surface area contributed by atoms with E-state index in [0.29, 0.717) is 18.4 Å². The molecule has 7 heteroatoms. The molecule has 2 saturated heterocycles. The van der Waals surface area contributed by atoms with Crippen molar-refractivity contribution >= 4 is 30.7 Å². The molecule has 164 valence electrons. The summed E-state index contributed by atoms with van der Waals surface area (Å²) in [6.07, 6.45) is 0. The summed E-state index contributed by atoms with van der Waals surface area (Å²) in [6.45, 7) is 6.20. The minimum Gasteiger partial charge on any atom is -0.379 e. The van der Waals surface area contributed by atoms with Crippen LogP contribution in [-0.4, -0.2) is 61.6 Å². The predicted octanol–water partition coefficient (Wildman–Crippen LogP) is 3.18. The highest BCUT2D eigenvalue weighted by molar-refractivity contribution is 5.96. The van der Waals surface area contributed by atoms with E-state index < -0.39 is 0 Å². The van der Waals surface area contributed by atoms with Gasteiger partial charge in [-0.15, -0.1) is 24.8 Å². The molecule has 2 heterocycles. The lowest BCUT2D eigenvalue weighted by Gasteiger charge is -2.27. The van der Waals surface area contributed by atoms with Crippen LogP contribution in [0.4, 0.5) is 0 Å². The van der Waals surface area contributed by atoms with Gasteiger partial charge in [0.25, 0.3) is 5.91 Å². The van der Waals surface area contributed by atoms with Gasteiger partial charge < -0.3 is 15.4 Å². The zero-order valence-electron chi connectivity index (χ0n) is 17.1. The summed E-state index contributed by atoms with van der Waals surface area (Å²) in [5.41, 5.74) is 9.25. The zero-order valence-corrected chi connectivity index (χ0v) is 18.7. The molecule has 2 aromatic rings. The number of likely N-dealkylation sites (tertiary alicyclic amines) is 1. The third-order valence-electron chi connectivity index (χ3n) is 6.00. The standard InChI is InChI=1S/C23H29N3O2.2ClH/c24-14-20-16-26(17-22(20)18-6-2-1-3-7-18)23(27)21-9-5-4-8-19(21)15-25-10-12-28-13-11-25;;/h1-9,20,22H,10-17,24H2;2*1H/t20-,22+;;/m1../s1. The number of carbonyl (C=O) groups is 1. The van der Waals surface area contributed by atoms with Gasteiger partial charge in [0.1, 0.15) is 0 Å². The van der Waals surface area contributed by atoms with Gasteiger partial charge in [0.05, 0.1) is 13.2 Å². The summed E-state index contributed by atoms with van der Waals surface area (Å²) < 4.78 is 5.45. The topological polar surface area (TPSA) is 58.8 Å². The van der Waals surface area contributed by atoms with Gasteiger partial charge in [0.2, 0.25) is 0 Å². The number of hydrogen-bond donors (Lipinski definition) is 1. The van der Waals surface area contributed by atoms with E-state index in [-0.39, 0.29) is 30.7 Å². The van der Waals surface area contributed by atoms with E-state index in [1.54, 1.807) is 0 Å². The van der Waals surface area contributed by atoms with Crippen LogP contribution in [-0.2, 0) is 11.3 Å². The van der Waals surface area contributed by atoms with Crippen LogP contribution in [0.5, 0.6) is 0 Å². The Morgan fingerprint density at radius 1 is 0.967 bits per heavy atom. The van der Waals surface area contributed by atoms with Crippen LogP contribution in [0, 0.1) is 5.92 Å². The van der Waals surface area contributed by atoms with E-state index in [1.165, 1.54) is 5.56 Å². The Bertz CT molecular complexity index is 800. The Kier molecular flexibility index (Phi) is 9.59. The van der Waals surface area contributed by atoms with Gasteiger partial charge in [-0.1, -0.05) is 48.5 Å². The Labute approximate surface area is 191 Å². The lowest BCUT2D eigenvalue weighted by Crippen LogP contribution is -2.36. The van der Waals surface area contributed by atoms with Crippen molar-refractivity contribution in [2.45, 2.75) is 12.5 Å². The van der Waals surface area contributed by atoms with Gasteiger partial charge in [-0.25, -0.2) is 0 Å². The fourth-order valence-electron chi connectivity index (χ4n) is 4.39. The fraction of sp³-hybridized carbons (Fsp3) is 0.435. The van der Waals surface area contributed by atoms with E-state index in [9.17, 15) is 4.79 Å². The monoisotopic (exact) mass is 451 g/mol. The van der Waals surface area contributed by atoms with Crippen LogP contribution in [0.25, 0.3) is 0 Å². The van der Waals surface area contributed by atoms with Crippen LogP contribution < -0.4 is 5.73 Å². The number of morpholine rings is 1. The Morgan fingerprint density at radius 3 is 2.33 bits per heavy atom. The SMILES string of the molecule is Cl.Cl.NC[C@@H]1CN(C(=O)c2ccccc2CN2CCOCC2)C[C@H]1c1ccccc1. The summed E-state index contributed by atoms with van der Waals surface area (Å²) in [5, 5.41) is 0. The molecule has 0 bridgehead atoms. The molecule has 0 unspecified atom stereocenters. The first-order chi connectivity index (χ1) is 13.8. The van der Waals surface area contributed by atoms with E-state index in [4.69, 9.17) is 10.5 Å². The summed E-state index contributed by atoms with van der Waals surface area (Å²) in [4.78, 5) is 17.7.